The van der Waals surface area contributed by atoms with Crippen molar-refractivity contribution in [2.45, 2.75) is 64.5 Å². The summed E-state index contributed by atoms with van der Waals surface area (Å²) in [5.74, 6) is -0.141. The molecule has 2 amide bonds. The summed E-state index contributed by atoms with van der Waals surface area (Å²) in [6, 6.07) is 16.2. The molecule has 170 valence electrons. The Morgan fingerprint density at radius 3 is 2.47 bits per heavy atom. The van der Waals surface area contributed by atoms with Crippen LogP contribution in [-0.2, 0) is 11.3 Å². The number of rotatable bonds is 6. The van der Waals surface area contributed by atoms with Gasteiger partial charge < -0.3 is 10.6 Å². The van der Waals surface area contributed by atoms with Gasteiger partial charge in [-0.2, -0.15) is 0 Å². The molecule has 5 nitrogen and oxygen atoms in total. The van der Waals surface area contributed by atoms with Crippen LogP contribution in [0, 0.1) is 12.8 Å². The number of hydrogen-bond donors (Lipinski definition) is 2. The van der Waals surface area contributed by atoms with Gasteiger partial charge in [-0.05, 0) is 56.8 Å². The lowest BCUT2D eigenvalue weighted by molar-refractivity contribution is -0.121. The molecule has 1 saturated carbocycles. The van der Waals surface area contributed by atoms with Gasteiger partial charge in [-0.25, -0.2) is 0 Å². The number of para-hydroxylation sites is 1. The second-order valence-corrected chi connectivity index (χ2v) is 9.40. The Morgan fingerprint density at radius 1 is 0.938 bits per heavy atom. The minimum Gasteiger partial charge on any atom is -0.349 e. The van der Waals surface area contributed by atoms with E-state index in [1.54, 1.807) is 6.07 Å². The van der Waals surface area contributed by atoms with Crippen molar-refractivity contribution in [1.29, 1.82) is 0 Å². The lowest BCUT2D eigenvalue weighted by atomic mass is 9.95. The highest BCUT2D eigenvalue weighted by atomic mass is 16.2. The van der Waals surface area contributed by atoms with E-state index in [1.807, 2.05) is 18.2 Å². The Hall–Kier alpha value is -2.66. The average Bonchev–Trinajstić information content (AvgIpc) is 2.82. The molecule has 5 heteroatoms. The Balaban J connectivity index is 1.36. The standard InChI is InChI=1S/C27H35N3O2/c1-20-13-15-21(16-14-20)18-30-17-7-8-22(19-30)26(31)29-25-12-6-5-11-24(25)27(32)28-23-9-3-2-4-10-23/h5-6,11-16,22-23H,2-4,7-10,17-19H2,1H3,(H,28,32)(H,29,31). The SMILES string of the molecule is Cc1ccc(CN2CCCC(C(=O)Nc3ccccc3C(=O)NC3CCCCC3)C2)cc1. The van der Waals surface area contributed by atoms with Crippen LogP contribution >= 0.6 is 0 Å². The highest BCUT2D eigenvalue weighted by molar-refractivity contribution is 6.04. The first-order valence-electron chi connectivity index (χ1n) is 12.1. The Bertz CT molecular complexity index is 919. The summed E-state index contributed by atoms with van der Waals surface area (Å²) in [6.45, 7) is 4.72. The normalized spacial score (nSPS) is 20.0. The zero-order valence-electron chi connectivity index (χ0n) is 19.1. The van der Waals surface area contributed by atoms with E-state index in [4.69, 9.17) is 0 Å². The number of nitrogens with one attached hydrogen (secondary N) is 2. The Labute approximate surface area is 191 Å². The fraction of sp³-hybridized carbons (Fsp3) is 0.481. The molecule has 2 aromatic carbocycles. The maximum absolute atomic E-state index is 13.1. The maximum atomic E-state index is 13.1. The van der Waals surface area contributed by atoms with Gasteiger partial charge in [0.15, 0.2) is 0 Å². The molecule has 1 saturated heterocycles. The minimum atomic E-state index is -0.0857. The molecule has 1 unspecified atom stereocenters. The van der Waals surface area contributed by atoms with Crippen molar-refractivity contribution in [3.05, 3.63) is 65.2 Å². The third-order valence-electron chi connectivity index (χ3n) is 6.77. The number of hydrogen-bond acceptors (Lipinski definition) is 3. The molecular weight excluding hydrogens is 398 g/mol. The van der Waals surface area contributed by atoms with E-state index in [9.17, 15) is 9.59 Å². The molecule has 1 aliphatic heterocycles. The van der Waals surface area contributed by atoms with Crippen molar-refractivity contribution in [3.63, 3.8) is 0 Å². The molecule has 0 aromatic heterocycles. The minimum absolute atomic E-state index is 0.0107. The van der Waals surface area contributed by atoms with Gasteiger partial charge in [0.1, 0.15) is 0 Å². The van der Waals surface area contributed by atoms with E-state index < -0.39 is 0 Å². The van der Waals surface area contributed by atoms with Crippen LogP contribution in [0.1, 0.15) is 66.4 Å². The van der Waals surface area contributed by atoms with Crippen LogP contribution in [0.25, 0.3) is 0 Å². The fourth-order valence-electron chi connectivity index (χ4n) is 4.90. The lowest BCUT2D eigenvalue weighted by Gasteiger charge is -2.32. The van der Waals surface area contributed by atoms with E-state index in [1.165, 1.54) is 30.4 Å². The predicted molar refractivity (Wildman–Crippen MR) is 129 cm³/mol. The van der Waals surface area contributed by atoms with Crippen LogP contribution in [-0.4, -0.2) is 35.8 Å². The van der Waals surface area contributed by atoms with Crippen LogP contribution in [0.4, 0.5) is 5.69 Å². The van der Waals surface area contributed by atoms with Crippen molar-refractivity contribution >= 4 is 17.5 Å². The number of carbonyl (C=O) groups excluding carboxylic acids is 2. The number of piperidine rings is 1. The number of anilines is 1. The molecule has 4 rings (SSSR count). The number of aryl methyl sites for hydroxylation is 1. The molecule has 1 atom stereocenters. The van der Waals surface area contributed by atoms with Gasteiger partial charge in [0.2, 0.25) is 5.91 Å². The predicted octanol–water partition coefficient (Wildman–Crippen LogP) is 4.91. The number of benzene rings is 2. The lowest BCUT2D eigenvalue weighted by Crippen LogP contribution is -2.40. The summed E-state index contributed by atoms with van der Waals surface area (Å²) in [7, 11) is 0. The van der Waals surface area contributed by atoms with Gasteiger partial charge in [0.25, 0.3) is 5.91 Å². The van der Waals surface area contributed by atoms with Gasteiger partial charge in [0, 0.05) is 19.1 Å². The van der Waals surface area contributed by atoms with Gasteiger partial charge in [-0.15, -0.1) is 0 Å². The smallest absolute Gasteiger partial charge is 0.253 e. The van der Waals surface area contributed by atoms with Gasteiger partial charge in [0.05, 0.1) is 17.2 Å². The number of likely N-dealkylation sites (tertiary alicyclic amines) is 1. The molecule has 1 heterocycles. The molecule has 2 aliphatic rings. The number of nitrogens with zero attached hydrogens (tertiary/aromatic N) is 1. The number of carbonyl (C=O) groups is 2. The first kappa shape index (κ1) is 22.5. The molecule has 0 bridgehead atoms. The Morgan fingerprint density at radius 2 is 1.69 bits per heavy atom. The van der Waals surface area contributed by atoms with Gasteiger partial charge in [-0.1, -0.05) is 61.2 Å². The van der Waals surface area contributed by atoms with Crippen LogP contribution < -0.4 is 10.6 Å². The van der Waals surface area contributed by atoms with Crippen LogP contribution in [0.5, 0.6) is 0 Å². The van der Waals surface area contributed by atoms with E-state index in [0.717, 1.165) is 45.3 Å². The third-order valence-corrected chi connectivity index (χ3v) is 6.77. The molecule has 2 fully saturated rings. The highest BCUT2D eigenvalue weighted by Crippen LogP contribution is 2.23. The topological polar surface area (TPSA) is 61.4 Å². The van der Waals surface area contributed by atoms with E-state index in [2.05, 4.69) is 46.7 Å². The fourth-order valence-corrected chi connectivity index (χ4v) is 4.90. The second-order valence-electron chi connectivity index (χ2n) is 9.40. The third kappa shape index (κ3) is 5.98. The monoisotopic (exact) mass is 433 g/mol. The summed E-state index contributed by atoms with van der Waals surface area (Å²) in [6.07, 6.45) is 7.56. The zero-order valence-corrected chi connectivity index (χ0v) is 19.1. The van der Waals surface area contributed by atoms with Crippen LogP contribution in [0.2, 0.25) is 0 Å². The maximum Gasteiger partial charge on any atom is 0.253 e. The quantitative estimate of drug-likeness (QED) is 0.681. The summed E-state index contributed by atoms with van der Waals surface area (Å²) >= 11 is 0. The highest BCUT2D eigenvalue weighted by Gasteiger charge is 2.27. The first-order chi connectivity index (χ1) is 15.6. The van der Waals surface area contributed by atoms with Crippen molar-refractivity contribution in [2.75, 3.05) is 18.4 Å². The van der Waals surface area contributed by atoms with Crippen LogP contribution in [0.15, 0.2) is 48.5 Å². The van der Waals surface area contributed by atoms with E-state index in [0.29, 0.717) is 11.3 Å². The molecule has 0 radical (unpaired) electrons. The zero-order chi connectivity index (χ0) is 22.3. The van der Waals surface area contributed by atoms with Crippen molar-refractivity contribution < 1.29 is 9.59 Å². The average molecular weight is 434 g/mol. The molecule has 32 heavy (non-hydrogen) atoms. The first-order valence-corrected chi connectivity index (χ1v) is 12.1. The Kier molecular flexibility index (Phi) is 7.59. The van der Waals surface area contributed by atoms with Gasteiger partial charge in [-0.3, -0.25) is 14.5 Å². The summed E-state index contributed by atoms with van der Waals surface area (Å²) in [4.78, 5) is 28.4. The second kappa shape index (κ2) is 10.8. The van der Waals surface area contributed by atoms with E-state index >= 15 is 0 Å². The summed E-state index contributed by atoms with van der Waals surface area (Å²) in [5.41, 5.74) is 3.71. The van der Waals surface area contributed by atoms with Crippen molar-refractivity contribution in [3.8, 4) is 0 Å². The summed E-state index contributed by atoms with van der Waals surface area (Å²) in [5, 5.41) is 6.23. The molecular formula is C27H35N3O2. The largest absolute Gasteiger partial charge is 0.349 e. The summed E-state index contributed by atoms with van der Waals surface area (Å²) < 4.78 is 0. The molecule has 1 aliphatic carbocycles. The molecule has 2 N–H and O–H groups in total. The molecule has 0 spiro atoms. The van der Waals surface area contributed by atoms with Gasteiger partial charge >= 0.3 is 0 Å². The number of amides is 2. The van der Waals surface area contributed by atoms with Crippen LogP contribution in [0.3, 0.4) is 0 Å². The van der Waals surface area contributed by atoms with E-state index in [-0.39, 0.29) is 23.8 Å². The van der Waals surface area contributed by atoms with Crippen molar-refractivity contribution in [1.82, 2.24) is 10.2 Å². The van der Waals surface area contributed by atoms with Crippen molar-refractivity contribution in [2.24, 2.45) is 5.92 Å². The molecule has 2 aromatic rings.